The molecule has 0 saturated heterocycles. The van der Waals surface area contributed by atoms with Gasteiger partial charge in [0.2, 0.25) is 0 Å². The van der Waals surface area contributed by atoms with Crippen LogP contribution >= 0.6 is 0 Å². The van der Waals surface area contributed by atoms with Gasteiger partial charge in [-0.3, -0.25) is 9.59 Å². The van der Waals surface area contributed by atoms with Crippen molar-refractivity contribution in [3.63, 3.8) is 0 Å². The van der Waals surface area contributed by atoms with Gasteiger partial charge in [0.05, 0.1) is 0 Å². The first-order chi connectivity index (χ1) is 6.11. The number of ketones is 2. The maximum absolute atomic E-state index is 11.5. The Balaban J connectivity index is 2.46. The van der Waals surface area contributed by atoms with Crippen LogP contribution in [0.15, 0.2) is 11.1 Å². The second kappa shape index (κ2) is 2.79. The van der Waals surface area contributed by atoms with E-state index in [1.54, 1.807) is 6.92 Å². The summed E-state index contributed by atoms with van der Waals surface area (Å²) in [6, 6.07) is 0. The smallest absolute Gasteiger partial charge is 0.156 e. The molecule has 0 aliphatic heterocycles. The lowest BCUT2D eigenvalue weighted by Gasteiger charge is -2.37. The molecule has 0 aromatic rings. The minimum Gasteiger partial charge on any atom is -0.299 e. The van der Waals surface area contributed by atoms with Gasteiger partial charge in [0.25, 0.3) is 0 Å². The molecule has 2 heteroatoms. The molecule has 3 aliphatic carbocycles. The summed E-state index contributed by atoms with van der Waals surface area (Å²) >= 11 is 0. The third-order valence-corrected chi connectivity index (χ3v) is 3.38. The van der Waals surface area contributed by atoms with Gasteiger partial charge in [0.1, 0.15) is 5.78 Å². The van der Waals surface area contributed by atoms with E-state index in [9.17, 15) is 9.59 Å². The van der Waals surface area contributed by atoms with Gasteiger partial charge in [0.15, 0.2) is 5.78 Å². The van der Waals surface area contributed by atoms with E-state index in [4.69, 9.17) is 0 Å². The summed E-state index contributed by atoms with van der Waals surface area (Å²) in [7, 11) is 0. The van der Waals surface area contributed by atoms with Crippen LogP contribution in [0.4, 0.5) is 0 Å². The van der Waals surface area contributed by atoms with Crippen LogP contribution in [0.25, 0.3) is 0 Å². The van der Waals surface area contributed by atoms with Gasteiger partial charge in [-0.15, -0.1) is 0 Å². The van der Waals surface area contributed by atoms with E-state index in [0.29, 0.717) is 12.2 Å². The first kappa shape index (κ1) is 8.67. The lowest BCUT2D eigenvalue weighted by molar-refractivity contribution is -0.125. The number of carbonyl (C=O) groups is 2. The molecule has 3 aliphatic rings. The zero-order valence-corrected chi connectivity index (χ0v) is 8.09. The number of fused-ring (bicyclic) bond motifs is 2. The highest BCUT2D eigenvalue weighted by Gasteiger charge is 2.39. The first-order valence-electron chi connectivity index (χ1n) is 4.85. The fraction of sp³-hybridized carbons (Fsp3) is 0.636. The minimum absolute atomic E-state index is 0.0731. The Bertz CT molecular complexity index is 312. The predicted molar refractivity (Wildman–Crippen MR) is 49.2 cm³/mol. The standard InChI is InChI=1S/C11H14O2/c1-6-9-4-3-8(5-10(9)13)11(6)7(2)12/h8-9H,3-5H2,1-2H3. The van der Waals surface area contributed by atoms with Crippen LogP contribution in [0.1, 0.15) is 33.1 Å². The van der Waals surface area contributed by atoms with Gasteiger partial charge in [0, 0.05) is 12.3 Å². The van der Waals surface area contributed by atoms with E-state index in [0.717, 1.165) is 24.0 Å². The summed E-state index contributed by atoms with van der Waals surface area (Å²) in [4.78, 5) is 22.8. The molecule has 1 saturated carbocycles. The van der Waals surface area contributed by atoms with Gasteiger partial charge < -0.3 is 0 Å². The first-order valence-corrected chi connectivity index (χ1v) is 4.85. The molecule has 70 valence electrons. The molecule has 0 heterocycles. The zero-order chi connectivity index (χ0) is 9.59. The summed E-state index contributed by atoms with van der Waals surface area (Å²) < 4.78 is 0. The monoisotopic (exact) mass is 178 g/mol. The van der Waals surface area contributed by atoms with E-state index in [1.807, 2.05) is 6.92 Å². The average molecular weight is 178 g/mol. The van der Waals surface area contributed by atoms with Gasteiger partial charge >= 0.3 is 0 Å². The van der Waals surface area contributed by atoms with Crippen LogP contribution in [-0.2, 0) is 9.59 Å². The normalized spacial score (nSPS) is 32.6. The molecule has 2 atom stereocenters. The highest BCUT2D eigenvalue weighted by atomic mass is 16.1. The molecule has 13 heavy (non-hydrogen) atoms. The van der Waals surface area contributed by atoms with Crippen molar-refractivity contribution in [3.8, 4) is 0 Å². The summed E-state index contributed by atoms with van der Waals surface area (Å²) in [6.07, 6.45) is 2.60. The molecule has 2 bridgehead atoms. The lowest BCUT2D eigenvalue weighted by atomic mass is 9.66. The summed E-state index contributed by atoms with van der Waals surface area (Å²) in [6.45, 7) is 3.56. The predicted octanol–water partition coefficient (Wildman–Crippen LogP) is 1.89. The fourth-order valence-corrected chi connectivity index (χ4v) is 2.80. The highest BCUT2D eigenvalue weighted by molar-refractivity contribution is 5.99. The summed E-state index contributed by atoms with van der Waals surface area (Å²) in [5, 5.41) is 0. The van der Waals surface area contributed by atoms with Crippen molar-refractivity contribution >= 4 is 11.6 Å². The Morgan fingerprint density at radius 2 is 2.08 bits per heavy atom. The van der Waals surface area contributed by atoms with Crippen molar-refractivity contribution in [2.75, 3.05) is 0 Å². The van der Waals surface area contributed by atoms with E-state index in [1.165, 1.54) is 0 Å². The second-order valence-electron chi connectivity index (χ2n) is 4.15. The number of hydrogen-bond donors (Lipinski definition) is 0. The van der Waals surface area contributed by atoms with Crippen LogP contribution in [0.3, 0.4) is 0 Å². The SMILES string of the molecule is CC(=O)C1=C(C)C2CCC1CC2=O. The third kappa shape index (κ3) is 1.16. The Morgan fingerprint density at radius 3 is 2.54 bits per heavy atom. The van der Waals surface area contributed by atoms with Crippen LogP contribution in [0.2, 0.25) is 0 Å². The second-order valence-corrected chi connectivity index (χ2v) is 4.15. The van der Waals surface area contributed by atoms with E-state index in [-0.39, 0.29) is 17.6 Å². The van der Waals surface area contributed by atoms with E-state index in [2.05, 4.69) is 0 Å². The zero-order valence-electron chi connectivity index (χ0n) is 8.09. The molecule has 0 spiro atoms. The maximum Gasteiger partial charge on any atom is 0.156 e. The Kier molecular flexibility index (Phi) is 1.86. The van der Waals surface area contributed by atoms with Crippen LogP contribution < -0.4 is 0 Å². The van der Waals surface area contributed by atoms with Crippen LogP contribution in [0.5, 0.6) is 0 Å². The van der Waals surface area contributed by atoms with Crippen LogP contribution in [0, 0.1) is 11.8 Å². The van der Waals surface area contributed by atoms with Gasteiger partial charge in [-0.1, -0.05) is 5.57 Å². The molecular weight excluding hydrogens is 164 g/mol. The number of hydrogen-bond acceptors (Lipinski definition) is 2. The Morgan fingerprint density at radius 1 is 1.38 bits per heavy atom. The molecular formula is C11H14O2. The van der Waals surface area contributed by atoms with Gasteiger partial charge in [-0.05, 0) is 38.2 Å². The molecule has 0 aromatic carbocycles. The topological polar surface area (TPSA) is 34.1 Å². The number of carbonyl (C=O) groups excluding carboxylic acids is 2. The van der Waals surface area contributed by atoms with Crippen molar-refractivity contribution < 1.29 is 9.59 Å². The molecule has 3 rings (SSSR count). The quantitative estimate of drug-likeness (QED) is 0.614. The Hall–Kier alpha value is -0.920. The highest BCUT2D eigenvalue weighted by Crippen LogP contribution is 2.43. The average Bonchev–Trinajstić information content (AvgIpc) is 2.03. The summed E-state index contributed by atoms with van der Waals surface area (Å²) in [5.74, 6) is 0.831. The van der Waals surface area contributed by atoms with E-state index >= 15 is 0 Å². The van der Waals surface area contributed by atoms with E-state index < -0.39 is 0 Å². The van der Waals surface area contributed by atoms with Crippen molar-refractivity contribution in [2.45, 2.75) is 33.1 Å². The van der Waals surface area contributed by atoms with Crippen molar-refractivity contribution in [3.05, 3.63) is 11.1 Å². The number of rotatable bonds is 1. The third-order valence-electron chi connectivity index (χ3n) is 3.38. The summed E-state index contributed by atoms with van der Waals surface area (Å²) in [5.41, 5.74) is 2.01. The number of Topliss-reactive ketones (excluding diaryl/α,β-unsaturated/α-hetero) is 2. The maximum atomic E-state index is 11.5. The molecule has 0 aromatic heterocycles. The molecule has 0 N–H and O–H groups in total. The molecule has 1 fully saturated rings. The number of allylic oxidation sites excluding steroid dienone is 2. The van der Waals surface area contributed by atoms with Crippen molar-refractivity contribution in [2.24, 2.45) is 11.8 Å². The van der Waals surface area contributed by atoms with Crippen molar-refractivity contribution in [1.82, 2.24) is 0 Å². The fourth-order valence-electron chi connectivity index (χ4n) is 2.80. The largest absolute Gasteiger partial charge is 0.299 e. The molecule has 0 amide bonds. The molecule has 2 unspecified atom stereocenters. The minimum atomic E-state index is 0.0731. The van der Waals surface area contributed by atoms with Gasteiger partial charge in [-0.25, -0.2) is 0 Å². The molecule has 0 radical (unpaired) electrons. The lowest BCUT2D eigenvalue weighted by Crippen LogP contribution is -2.35. The molecule has 2 nitrogen and oxygen atoms in total. The Labute approximate surface area is 78.0 Å². The van der Waals surface area contributed by atoms with Crippen molar-refractivity contribution in [1.29, 1.82) is 0 Å². The van der Waals surface area contributed by atoms with Crippen LogP contribution in [-0.4, -0.2) is 11.6 Å². The van der Waals surface area contributed by atoms with Gasteiger partial charge in [-0.2, -0.15) is 0 Å².